The molecule has 0 heterocycles. The Morgan fingerprint density at radius 2 is 1.78 bits per heavy atom. The number of carbonyl (C=O) groups excluding carboxylic acids is 1. The molecule has 6 heteroatoms. The molecule has 1 amide bonds. The third kappa shape index (κ3) is 4.00. The fourth-order valence-corrected chi connectivity index (χ4v) is 8.98. The van der Waals surface area contributed by atoms with Crippen LogP contribution in [0.4, 0.5) is 0 Å². The lowest BCUT2D eigenvalue weighted by Gasteiger charge is -2.62. The van der Waals surface area contributed by atoms with Crippen molar-refractivity contribution in [1.29, 1.82) is 0 Å². The Morgan fingerprint density at radius 1 is 1.03 bits per heavy atom. The minimum absolute atomic E-state index is 0.102. The number of aliphatic carboxylic acids is 1. The molecule has 10 atom stereocenters. The highest BCUT2D eigenvalue weighted by Gasteiger charge is 2.63. The molecule has 4 aliphatic rings. The molecule has 0 spiro atoms. The summed E-state index contributed by atoms with van der Waals surface area (Å²) in [4.78, 5) is 22.7. The van der Waals surface area contributed by atoms with Gasteiger partial charge >= 0.3 is 5.97 Å². The molecular weight excluding hydrogens is 406 g/mol. The SMILES string of the molecule is C[C@H](CCC(=O)NCC(=O)O)[C@H]1CCC2[C@H]3CCC4C[C@H](O)CC[C@]4(C)[C@@H]3C[C@H](O)[C@@]21C. The number of amides is 1. The molecule has 0 bridgehead atoms. The molecule has 0 radical (unpaired) electrons. The summed E-state index contributed by atoms with van der Waals surface area (Å²) in [5.41, 5.74) is 0.145. The van der Waals surface area contributed by atoms with Crippen LogP contribution in [-0.2, 0) is 9.59 Å². The van der Waals surface area contributed by atoms with Gasteiger partial charge in [-0.05, 0) is 104 Å². The van der Waals surface area contributed by atoms with E-state index in [0.29, 0.717) is 41.9 Å². The molecule has 0 aromatic rings. The topological polar surface area (TPSA) is 107 Å². The van der Waals surface area contributed by atoms with E-state index in [9.17, 15) is 19.8 Å². The maximum atomic E-state index is 12.0. The number of rotatable bonds is 6. The Morgan fingerprint density at radius 3 is 2.50 bits per heavy atom. The van der Waals surface area contributed by atoms with E-state index in [1.54, 1.807) is 0 Å². The number of fused-ring (bicyclic) bond motifs is 5. The number of hydrogen-bond donors (Lipinski definition) is 4. The van der Waals surface area contributed by atoms with E-state index in [4.69, 9.17) is 5.11 Å². The molecule has 4 saturated carbocycles. The monoisotopic (exact) mass is 449 g/mol. The zero-order chi connectivity index (χ0) is 23.3. The van der Waals surface area contributed by atoms with Crippen molar-refractivity contribution in [3.05, 3.63) is 0 Å². The Balaban J connectivity index is 1.45. The van der Waals surface area contributed by atoms with E-state index in [-0.39, 0.29) is 35.5 Å². The van der Waals surface area contributed by atoms with Crippen LogP contribution in [0.15, 0.2) is 0 Å². The standard InChI is InChI=1S/C26H43NO5/c1-15(4-9-23(30)27-14-24(31)32)19-7-8-20-18-6-5-16-12-17(28)10-11-25(16,2)21(18)13-22(29)26(19,20)3/h15-22,28-29H,4-14H2,1-3H3,(H,27,30)(H,31,32)/t15-,16?,17-,18-,19-,20?,21-,22+,25+,26-/m1/s1. The summed E-state index contributed by atoms with van der Waals surface area (Å²) in [6, 6.07) is 0. The number of nitrogens with one attached hydrogen (secondary N) is 1. The van der Waals surface area contributed by atoms with Crippen LogP contribution in [0.1, 0.15) is 85.0 Å². The first-order chi connectivity index (χ1) is 15.1. The lowest BCUT2D eigenvalue weighted by atomic mass is 9.43. The number of hydrogen-bond acceptors (Lipinski definition) is 4. The molecular formula is C26H43NO5. The Bertz CT molecular complexity index is 727. The van der Waals surface area contributed by atoms with E-state index in [2.05, 4.69) is 26.1 Å². The van der Waals surface area contributed by atoms with Crippen LogP contribution < -0.4 is 5.32 Å². The van der Waals surface area contributed by atoms with Gasteiger partial charge in [0.25, 0.3) is 0 Å². The van der Waals surface area contributed by atoms with Gasteiger partial charge in [0.05, 0.1) is 12.2 Å². The predicted molar refractivity (Wildman–Crippen MR) is 122 cm³/mol. The van der Waals surface area contributed by atoms with E-state index < -0.39 is 5.97 Å². The van der Waals surface area contributed by atoms with Crippen LogP contribution in [0.3, 0.4) is 0 Å². The largest absolute Gasteiger partial charge is 0.480 e. The zero-order valence-electron chi connectivity index (χ0n) is 20.1. The fourth-order valence-electron chi connectivity index (χ4n) is 8.98. The molecule has 0 saturated heterocycles. The van der Waals surface area contributed by atoms with Crippen molar-refractivity contribution in [2.24, 2.45) is 46.3 Å². The zero-order valence-corrected chi connectivity index (χ0v) is 20.1. The highest BCUT2D eigenvalue weighted by Crippen LogP contribution is 2.68. The maximum Gasteiger partial charge on any atom is 0.322 e. The van der Waals surface area contributed by atoms with Crippen molar-refractivity contribution in [3.8, 4) is 0 Å². The number of carboxylic acid groups (broad SMARTS) is 1. The first-order valence-electron chi connectivity index (χ1n) is 12.9. The van der Waals surface area contributed by atoms with Crippen molar-refractivity contribution in [3.63, 3.8) is 0 Å². The summed E-state index contributed by atoms with van der Waals surface area (Å²) < 4.78 is 0. The van der Waals surface area contributed by atoms with Gasteiger partial charge in [0.15, 0.2) is 0 Å². The third-order valence-electron chi connectivity index (χ3n) is 10.8. The fraction of sp³-hybridized carbons (Fsp3) is 0.923. The highest BCUT2D eigenvalue weighted by molar-refractivity contribution is 5.81. The van der Waals surface area contributed by atoms with Gasteiger partial charge in [0.2, 0.25) is 5.91 Å². The van der Waals surface area contributed by atoms with Crippen molar-refractivity contribution in [2.75, 3.05) is 6.54 Å². The molecule has 4 N–H and O–H groups in total. The molecule has 4 aliphatic carbocycles. The van der Waals surface area contributed by atoms with Crippen molar-refractivity contribution in [2.45, 2.75) is 97.2 Å². The Kier molecular flexibility index (Phi) is 6.68. The highest BCUT2D eigenvalue weighted by atomic mass is 16.4. The van der Waals surface area contributed by atoms with Crippen LogP contribution >= 0.6 is 0 Å². The number of carboxylic acids is 1. The van der Waals surface area contributed by atoms with Gasteiger partial charge in [0.1, 0.15) is 6.54 Å². The van der Waals surface area contributed by atoms with Crippen molar-refractivity contribution in [1.82, 2.24) is 5.32 Å². The summed E-state index contributed by atoms with van der Waals surface area (Å²) in [7, 11) is 0. The summed E-state index contributed by atoms with van der Waals surface area (Å²) in [5.74, 6) is 1.84. The number of aliphatic hydroxyl groups excluding tert-OH is 2. The number of aliphatic hydroxyl groups is 2. The van der Waals surface area contributed by atoms with Gasteiger partial charge in [-0.1, -0.05) is 20.8 Å². The minimum atomic E-state index is -1.02. The smallest absolute Gasteiger partial charge is 0.322 e. The summed E-state index contributed by atoms with van der Waals surface area (Å²) in [6.07, 6.45) is 9.12. The van der Waals surface area contributed by atoms with Gasteiger partial charge in [-0.15, -0.1) is 0 Å². The van der Waals surface area contributed by atoms with Gasteiger partial charge < -0.3 is 20.6 Å². The molecule has 0 aromatic carbocycles. The molecule has 6 nitrogen and oxygen atoms in total. The first-order valence-corrected chi connectivity index (χ1v) is 12.9. The average Bonchev–Trinajstić information content (AvgIpc) is 3.10. The summed E-state index contributed by atoms with van der Waals surface area (Å²) in [6.45, 7) is 6.65. The van der Waals surface area contributed by atoms with E-state index in [1.165, 1.54) is 12.8 Å². The van der Waals surface area contributed by atoms with E-state index >= 15 is 0 Å². The minimum Gasteiger partial charge on any atom is -0.480 e. The van der Waals surface area contributed by atoms with Crippen LogP contribution in [0.25, 0.3) is 0 Å². The van der Waals surface area contributed by atoms with Gasteiger partial charge in [0, 0.05) is 6.42 Å². The van der Waals surface area contributed by atoms with Gasteiger partial charge in [-0.2, -0.15) is 0 Å². The summed E-state index contributed by atoms with van der Waals surface area (Å²) >= 11 is 0. The molecule has 0 aliphatic heterocycles. The molecule has 2 unspecified atom stereocenters. The Hall–Kier alpha value is -1.14. The van der Waals surface area contributed by atoms with Gasteiger partial charge in [-0.3, -0.25) is 9.59 Å². The maximum absolute atomic E-state index is 12.0. The predicted octanol–water partition coefficient (Wildman–Crippen LogP) is 3.59. The molecule has 32 heavy (non-hydrogen) atoms. The lowest BCUT2D eigenvalue weighted by molar-refractivity contribution is -0.175. The number of carbonyl (C=O) groups is 2. The second-order valence-corrected chi connectivity index (χ2v) is 12.1. The summed E-state index contributed by atoms with van der Waals surface area (Å²) in [5, 5.41) is 33.0. The van der Waals surface area contributed by atoms with Crippen molar-refractivity contribution >= 4 is 11.9 Å². The van der Waals surface area contributed by atoms with Crippen LogP contribution in [0, 0.1) is 46.3 Å². The quantitative estimate of drug-likeness (QED) is 0.496. The third-order valence-corrected chi connectivity index (χ3v) is 10.8. The van der Waals surface area contributed by atoms with Crippen LogP contribution in [0.2, 0.25) is 0 Å². The Labute approximate surface area is 192 Å². The van der Waals surface area contributed by atoms with Crippen LogP contribution in [-0.4, -0.2) is 45.9 Å². The molecule has 182 valence electrons. The van der Waals surface area contributed by atoms with Crippen molar-refractivity contribution < 1.29 is 24.9 Å². The van der Waals surface area contributed by atoms with Gasteiger partial charge in [-0.25, -0.2) is 0 Å². The average molecular weight is 450 g/mol. The molecule has 4 fully saturated rings. The lowest BCUT2D eigenvalue weighted by Crippen LogP contribution is -2.58. The van der Waals surface area contributed by atoms with Crippen LogP contribution in [0.5, 0.6) is 0 Å². The van der Waals surface area contributed by atoms with E-state index in [0.717, 1.165) is 44.9 Å². The second-order valence-electron chi connectivity index (χ2n) is 12.1. The molecule has 0 aromatic heterocycles. The van der Waals surface area contributed by atoms with E-state index in [1.807, 2.05) is 0 Å². The first kappa shape index (κ1) is 24.0. The normalized spacial score (nSPS) is 46.5. The second kappa shape index (κ2) is 8.90. The molecule has 4 rings (SSSR count).